The van der Waals surface area contributed by atoms with Gasteiger partial charge < -0.3 is 14.2 Å². The van der Waals surface area contributed by atoms with Gasteiger partial charge in [0.2, 0.25) is 5.90 Å². The second-order valence-electron chi connectivity index (χ2n) is 12.4. The van der Waals surface area contributed by atoms with Gasteiger partial charge in [0.25, 0.3) is 0 Å². The van der Waals surface area contributed by atoms with Crippen LogP contribution < -0.4 is 9.47 Å². The van der Waals surface area contributed by atoms with E-state index in [0.29, 0.717) is 18.8 Å². The number of hydrogen-bond donors (Lipinski definition) is 1. The Morgan fingerprint density at radius 1 is 0.465 bits per heavy atom. The Balaban J connectivity index is 0.0000176. The van der Waals surface area contributed by atoms with Gasteiger partial charge in [0.15, 0.2) is 0 Å². The van der Waals surface area contributed by atoms with Gasteiger partial charge in [-0.3, -0.25) is 5.41 Å². The average Bonchev–Trinajstić information content (AvgIpc) is 3.00. The molecule has 0 fully saturated rings. The van der Waals surface area contributed by atoms with Crippen molar-refractivity contribution in [2.24, 2.45) is 0 Å². The fraction of sp³-hybridized carbons (Fsp3) is 0.816. The molecule has 0 saturated carbocycles. The van der Waals surface area contributed by atoms with E-state index < -0.39 is 0 Å². The summed E-state index contributed by atoms with van der Waals surface area (Å²) in [6.07, 6.45) is 35.1. The normalized spacial score (nSPS) is 10.9. The lowest BCUT2D eigenvalue weighted by Gasteiger charge is -2.13. The summed E-state index contributed by atoms with van der Waals surface area (Å²) in [5, 5.41) is 8.11. The lowest BCUT2D eigenvalue weighted by Crippen LogP contribution is -2.05. The molecule has 1 N–H and O–H groups in total. The number of nitrogens with one attached hydrogen (secondary N) is 1. The summed E-state index contributed by atoms with van der Waals surface area (Å²) in [5.41, 5.74) is 0.709. The van der Waals surface area contributed by atoms with Crippen LogP contribution in [0.4, 0.5) is 0 Å². The summed E-state index contributed by atoms with van der Waals surface area (Å²) in [6.45, 7) is 5.98. The molecule has 0 radical (unpaired) electrons. The van der Waals surface area contributed by atoms with Gasteiger partial charge in [-0.1, -0.05) is 168 Å². The standard InChI is InChI=1S/C38H69NO3.ClH/c1-4-6-8-10-12-14-16-18-20-22-24-26-28-30-41-36-32-35(38(39)40-3)33-37(34-36)42-31-29-27-25-23-21-19-17-15-13-11-9-7-5-2;/h32-34,39H,4-31H2,1-3H3;1H. The van der Waals surface area contributed by atoms with E-state index in [1.165, 1.54) is 161 Å². The molecule has 0 bridgehead atoms. The van der Waals surface area contributed by atoms with Crippen LogP contribution in [0.3, 0.4) is 0 Å². The van der Waals surface area contributed by atoms with Gasteiger partial charge in [-0.15, -0.1) is 12.4 Å². The van der Waals surface area contributed by atoms with Crippen molar-refractivity contribution in [2.45, 2.75) is 181 Å². The molecule has 0 aliphatic rings. The highest BCUT2D eigenvalue weighted by molar-refractivity contribution is 5.92. The van der Waals surface area contributed by atoms with E-state index in [0.717, 1.165) is 24.3 Å². The van der Waals surface area contributed by atoms with Crippen molar-refractivity contribution < 1.29 is 14.2 Å². The Kier molecular flexibility index (Phi) is 30.9. The summed E-state index contributed by atoms with van der Waals surface area (Å²) in [6, 6.07) is 5.76. The van der Waals surface area contributed by atoms with Crippen molar-refractivity contribution in [3.63, 3.8) is 0 Å². The molecule has 1 rings (SSSR count). The molecule has 0 atom stereocenters. The lowest BCUT2D eigenvalue weighted by molar-refractivity contribution is 0.289. The van der Waals surface area contributed by atoms with E-state index in [-0.39, 0.29) is 18.3 Å². The van der Waals surface area contributed by atoms with Crippen LogP contribution in [0.25, 0.3) is 0 Å². The van der Waals surface area contributed by atoms with Gasteiger partial charge in [0, 0.05) is 11.6 Å². The fourth-order valence-electron chi connectivity index (χ4n) is 5.61. The second-order valence-corrected chi connectivity index (χ2v) is 12.4. The van der Waals surface area contributed by atoms with Crippen LogP contribution in [0, 0.1) is 5.41 Å². The molecule has 0 spiro atoms. The molecule has 0 unspecified atom stereocenters. The Hall–Kier alpha value is -1.42. The third-order valence-electron chi connectivity index (χ3n) is 8.38. The Morgan fingerprint density at radius 3 is 1.02 bits per heavy atom. The SMILES string of the molecule is CCCCCCCCCCCCCCCOc1cc(OCCCCCCCCCCCCCCC)cc(C(=N)OC)c1.Cl. The molecule has 0 amide bonds. The molecule has 252 valence electrons. The number of benzene rings is 1. The summed E-state index contributed by atoms with van der Waals surface area (Å²) in [5.74, 6) is 1.69. The zero-order chi connectivity index (χ0) is 30.4. The molecule has 4 nitrogen and oxygen atoms in total. The predicted molar refractivity (Wildman–Crippen MR) is 190 cm³/mol. The number of hydrogen-bond acceptors (Lipinski definition) is 4. The van der Waals surface area contributed by atoms with Crippen molar-refractivity contribution in [2.75, 3.05) is 20.3 Å². The number of rotatable bonds is 31. The minimum Gasteiger partial charge on any atom is -0.493 e. The van der Waals surface area contributed by atoms with Crippen LogP contribution in [0.2, 0.25) is 0 Å². The zero-order valence-electron chi connectivity index (χ0n) is 28.7. The number of unbranched alkanes of at least 4 members (excludes halogenated alkanes) is 24. The molecule has 5 heteroatoms. The van der Waals surface area contributed by atoms with E-state index in [1.807, 2.05) is 18.2 Å². The first kappa shape index (κ1) is 41.6. The quantitative estimate of drug-likeness (QED) is 0.0508. The third-order valence-corrected chi connectivity index (χ3v) is 8.38. The number of halogens is 1. The molecular weight excluding hydrogens is 554 g/mol. The smallest absolute Gasteiger partial charge is 0.213 e. The van der Waals surface area contributed by atoms with Gasteiger partial charge in [-0.05, 0) is 25.0 Å². The fourth-order valence-corrected chi connectivity index (χ4v) is 5.61. The average molecular weight is 624 g/mol. The topological polar surface area (TPSA) is 51.5 Å². The first-order chi connectivity index (χ1) is 20.7. The second kappa shape index (κ2) is 32.0. The Labute approximate surface area is 273 Å². The van der Waals surface area contributed by atoms with E-state index >= 15 is 0 Å². The van der Waals surface area contributed by atoms with Gasteiger partial charge in [-0.2, -0.15) is 0 Å². The molecule has 0 aromatic heterocycles. The van der Waals surface area contributed by atoms with E-state index in [4.69, 9.17) is 19.6 Å². The van der Waals surface area contributed by atoms with Crippen molar-refractivity contribution in [3.05, 3.63) is 23.8 Å². The molecule has 0 heterocycles. The van der Waals surface area contributed by atoms with Crippen molar-refractivity contribution in [3.8, 4) is 11.5 Å². The molecule has 43 heavy (non-hydrogen) atoms. The van der Waals surface area contributed by atoms with Crippen LogP contribution in [-0.2, 0) is 4.74 Å². The van der Waals surface area contributed by atoms with E-state index in [9.17, 15) is 0 Å². The minimum absolute atomic E-state index is 0. The monoisotopic (exact) mass is 624 g/mol. The highest BCUT2D eigenvalue weighted by atomic mass is 35.5. The summed E-state index contributed by atoms with van der Waals surface area (Å²) in [4.78, 5) is 0. The molecule has 0 aliphatic heterocycles. The maximum Gasteiger partial charge on any atom is 0.213 e. The van der Waals surface area contributed by atoms with Crippen LogP contribution >= 0.6 is 12.4 Å². The van der Waals surface area contributed by atoms with Crippen LogP contribution in [-0.4, -0.2) is 26.2 Å². The minimum atomic E-state index is 0. The van der Waals surface area contributed by atoms with Crippen LogP contribution in [0.1, 0.15) is 186 Å². The molecule has 1 aromatic carbocycles. The van der Waals surface area contributed by atoms with Crippen molar-refractivity contribution in [1.29, 1.82) is 5.41 Å². The van der Waals surface area contributed by atoms with Crippen molar-refractivity contribution in [1.82, 2.24) is 0 Å². The number of ether oxygens (including phenoxy) is 3. The zero-order valence-corrected chi connectivity index (χ0v) is 29.5. The predicted octanol–water partition coefficient (Wildman–Crippen LogP) is 13.0. The summed E-state index contributed by atoms with van der Waals surface area (Å²) < 4.78 is 17.3. The Morgan fingerprint density at radius 2 is 0.744 bits per heavy atom. The maximum atomic E-state index is 8.11. The van der Waals surface area contributed by atoms with Crippen molar-refractivity contribution >= 4 is 18.3 Å². The van der Waals surface area contributed by atoms with Crippen LogP contribution in [0.15, 0.2) is 18.2 Å². The summed E-state index contributed by atoms with van der Waals surface area (Å²) in [7, 11) is 1.54. The summed E-state index contributed by atoms with van der Waals surface area (Å²) >= 11 is 0. The molecule has 1 aromatic rings. The van der Waals surface area contributed by atoms with E-state index in [1.54, 1.807) is 0 Å². The van der Waals surface area contributed by atoms with Gasteiger partial charge >= 0.3 is 0 Å². The maximum absolute atomic E-state index is 8.11. The third kappa shape index (κ3) is 25.6. The largest absolute Gasteiger partial charge is 0.493 e. The Bertz CT molecular complexity index is 692. The first-order valence-corrected chi connectivity index (χ1v) is 18.2. The van der Waals surface area contributed by atoms with Gasteiger partial charge in [-0.25, -0.2) is 0 Å². The first-order valence-electron chi connectivity index (χ1n) is 18.2. The molecular formula is C38H70ClNO3. The van der Waals surface area contributed by atoms with Gasteiger partial charge in [0.1, 0.15) is 11.5 Å². The lowest BCUT2D eigenvalue weighted by atomic mass is 10.0. The molecule has 0 aliphatic carbocycles. The molecule has 0 saturated heterocycles. The van der Waals surface area contributed by atoms with Gasteiger partial charge in [0.05, 0.1) is 20.3 Å². The highest BCUT2D eigenvalue weighted by Crippen LogP contribution is 2.25. The van der Waals surface area contributed by atoms with E-state index in [2.05, 4.69) is 13.8 Å². The van der Waals surface area contributed by atoms with Crippen LogP contribution in [0.5, 0.6) is 11.5 Å². The highest BCUT2D eigenvalue weighted by Gasteiger charge is 2.08. The number of methoxy groups -OCH3 is 1.